The number of anilines is 1. The number of fused-ring (bicyclic) bond motifs is 1. The van der Waals surface area contributed by atoms with Gasteiger partial charge in [0.1, 0.15) is 11.6 Å². The minimum atomic E-state index is -4.88. The zero-order valence-corrected chi connectivity index (χ0v) is 19.2. The van der Waals surface area contributed by atoms with Crippen LogP contribution in [0.25, 0.3) is 5.65 Å². The Morgan fingerprint density at radius 2 is 1.91 bits per heavy atom. The summed E-state index contributed by atoms with van der Waals surface area (Å²) < 4.78 is 49.3. The van der Waals surface area contributed by atoms with Crippen molar-refractivity contribution in [1.29, 1.82) is 0 Å². The number of hydrogen-bond donors (Lipinski definition) is 2. The highest BCUT2D eigenvalue weighted by molar-refractivity contribution is 6.01. The van der Waals surface area contributed by atoms with E-state index in [1.54, 1.807) is 12.1 Å². The lowest BCUT2D eigenvalue weighted by molar-refractivity contribution is -0.182. The number of carbonyl (C=O) groups excluding carboxylic acids is 2. The van der Waals surface area contributed by atoms with E-state index >= 15 is 0 Å². The van der Waals surface area contributed by atoms with Crippen LogP contribution in [-0.2, 0) is 15.1 Å². The summed E-state index contributed by atoms with van der Waals surface area (Å²) in [5.41, 5.74) is 3.25. The molecule has 3 unspecified atom stereocenters. The molecule has 3 N–H and O–H groups in total. The lowest BCUT2D eigenvalue weighted by atomic mass is 9.83. The van der Waals surface area contributed by atoms with Crippen LogP contribution in [0.15, 0.2) is 49.1 Å². The summed E-state index contributed by atoms with van der Waals surface area (Å²) in [6, 6.07) is 2.29. The zero-order valence-electron chi connectivity index (χ0n) is 19.2. The topological polar surface area (TPSA) is 128 Å². The average molecular weight is 491 g/mol. The molecule has 35 heavy (non-hydrogen) atoms. The Bertz CT molecular complexity index is 1210. The number of alkyl halides is 3. The Kier molecular flexibility index (Phi) is 5.91. The molecule has 186 valence electrons. The van der Waals surface area contributed by atoms with Crippen molar-refractivity contribution in [2.24, 2.45) is 5.73 Å². The Hall–Kier alpha value is -3.74. The van der Waals surface area contributed by atoms with Gasteiger partial charge in [0, 0.05) is 30.2 Å². The number of halogens is 3. The quantitative estimate of drug-likeness (QED) is 0.577. The van der Waals surface area contributed by atoms with Gasteiger partial charge in [0.2, 0.25) is 0 Å². The van der Waals surface area contributed by atoms with Gasteiger partial charge in [-0.2, -0.15) is 18.3 Å². The van der Waals surface area contributed by atoms with E-state index in [2.05, 4.69) is 20.4 Å². The van der Waals surface area contributed by atoms with Crippen molar-refractivity contribution in [2.45, 2.75) is 56.6 Å². The molecule has 0 aliphatic carbocycles. The van der Waals surface area contributed by atoms with Crippen LogP contribution in [0.3, 0.4) is 0 Å². The lowest BCUT2D eigenvalue weighted by Gasteiger charge is -2.42. The highest BCUT2D eigenvalue weighted by atomic mass is 19.4. The average Bonchev–Trinajstić information content (AvgIpc) is 3.31. The fraction of sp³-hybridized carbons (Fsp3) is 0.409. The van der Waals surface area contributed by atoms with Crippen molar-refractivity contribution < 1.29 is 27.5 Å². The third-order valence-corrected chi connectivity index (χ3v) is 5.60. The van der Waals surface area contributed by atoms with E-state index in [0.29, 0.717) is 10.5 Å². The molecule has 3 aromatic heterocycles. The number of nitrogens with zero attached hydrogens (tertiary/aromatic N) is 5. The maximum Gasteiger partial charge on any atom is 0.412 e. The first-order valence-electron chi connectivity index (χ1n) is 10.7. The van der Waals surface area contributed by atoms with Gasteiger partial charge in [0.15, 0.2) is 17.0 Å². The second-order valence-electron chi connectivity index (χ2n) is 9.16. The van der Waals surface area contributed by atoms with Crippen LogP contribution in [0.4, 0.5) is 23.8 Å². The molecule has 0 aromatic carbocycles. The van der Waals surface area contributed by atoms with Gasteiger partial charge in [-0.15, -0.1) is 0 Å². The minimum Gasteiger partial charge on any atom is -0.444 e. The van der Waals surface area contributed by atoms with Gasteiger partial charge in [-0.3, -0.25) is 14.7 Å². The monoisotopic (exact) mass is 491 g/mol. The predicted molar refractivity (Wildman–Crippen MR) is 118 cm³/mol. The molecule has 1 fully saturated rings. The molecule has 3 atom stereocenters. The molecule has 13 heteroatoms. The van der Waals surface area contributed by atoms with Gasteiger partial charge in [0.25, 0.3) is 5.91 Å². The number of likely N-dealkylation sites (tertiary alicyclic amines) is 1. The molecule has 10 nitrogen and oxygen atoms in total. The number of hydrogen-bond acceptors (Lipinski definition) is 7. The molecule has 1 aliphatic heterocycles. The summed E-state index contributed by atoms with van der Waals surface area (Å²) >= 11 is 0. The Labute approximate surface area is 198 Å². The summed E-state index contributed by atoms with van der Waals surface area (Å²) in [6.45, 7) is 4.54. The molecule has 0 spiro atoms. The standard InChI is InChI=1S/C22H24F3N7O3/c1-20(2,3)35-19(34)32-15(22(23,24)25)10-14(26)21(32,13-6-4-8-27-11-13)18(33)30-16-12-31-17(29-16)7-5-9-28-31/h4-9,11-12,14-15H,10,26H2,1-3H3,(H,30,33). The van der Waals surface area contributed by atoms with Crippen LogP contribution in [0.2, 0.25) is 0 Å². The highest BCUT2D eigenvalue weighted by Crippen LogP contribution is 2.47. The van der Waals surface area contributed by atoms with Gasteiger partial charge in [-0.1, -0.05) is 6.07 Å². The minimum absolute atomic E-state index is 0.00417. The third kappa shape index (κ3) is 4.38. The molecule has 3 aromatic rings. The van der Waals surface area contributed by atoms with Crippen LogP contribution in [0, 0.1) is 0 Å². The van der Waals surface area contributed by atoms with E-state index in [0.717, 1.165) is 0 Å². The van der Waals surface area contributed by atoms with Crippen molar-refractivity contribution in [3.63, 3.8) is 0 Å². The van der Waals surface area contributed by atoms with Crippen molar-refractivity contribution in [3.05, 3.63) is 54.6 Å². The summed E-state index contributed by atoms with van der Waals surface area (Å²) in [4.78, 5) is 35.7. The highest BCUT2D eigenvalue weighted by Gasteiger charge is 2.67. The number of pyridine rings is 1. The third-order valence-electron chi connectivity index (χ3n) is 5.60. The Morgan fingerprint density at radius 3 is 2.51 bits per heavy atom. The van der Waals surface area contributed by atoms with Crippen molar-refractivity contribution in [1.82, 2.24) is 24.5 Å². The molecule has 0 bridgehead atoms. The summed E-state index contributed by atoms with van der Waals surface area (Å²) in [5, 5.41) is 6.59. The number of nitrogens with two attached hydrogens (primary N) is 1. The number of imidazole rings is 1. The number of aromatic nitrogens is 4. The van der Waals surface area contributed by atoms with Crippen molar-refractivity contribution in [2.75, 3.05) is 5.32 Å². The summed E-state index contributed by atoms with van der Waals surface area (Å²) in [7, 11) is 0. The summed E-state index contributed by atoms with van der Waals surface area (Å²) in [6.07, 6.45) is -1.44. The number of rotatable bonds is 3. The van der Waals surface area contributed by atoms with E-state index in [4.69, 9.17) is 10.5 Å². The predicted octanol–water partition coefficient (Wildman–Crippen LogP) is 2.86. The van der Waals surface area contributed by atoms with Crippen LogP contribution in [0.1, 0.15) is 32.8 Å². The van der Waals surface area contributed by atoms with Gasteiger partial charge < -0.3 is 15.8 Å². The lowest BCUT2D eigenvalue weighted by Crippen LogP contribution is -2.63. The summed E-state index contributed by atoms with van der Waals surface area (Å²) in [5.74, 6) is -0.970. The number of amides is 2. The van der Waals surface area contributed by atoms with Crippen LogP contribution in [0.5, 0.6) is 0 Å². The molecule has 1 saturated heterocycles. The van der Waals surface area contributed by atoms with E-state index < -0.39 is 47.8 Å². The molecular formula is C22H24F3N7O3. The Balaban J connectivity index is 1.87. The second kappa shape index (κ2) is 8.48. The first-order chi connectivity index (χ1) is 16.3. The van der Waals surface area contributed by atoms with Crippen LogP contribution >= 0.6 is 0 Å². The van der Waals surface area contributed by atoms with E-state index in [9.17, 15) is 22.8 Å². The smallest absolute Gasteiger partial charge is 0.412 e. The first kappa shape index (κ1) is 24.4. The maximum absolute atomic E-state index is 14.2. The molecule has 1 aliphatic rings. The fourth-order valence-corrected chi connectivity index (χ4v) is 4.26. The van der Waals surface area contributed by atoms with E-state index in [1.165, 1.54) is 62.2 Å². The number of carbonyl (C=O) groups is 2. The molecule has 4 rings (SSSR count). The number of ether oxygens (including phenoxy) is 1. The van der Waals surface area contributed by atoms with Crippen LogP contribution < -0.4 is 11.1 Å². The second-order valence-corrected chi connectivity index (χ2v) is 9.16. The molecule has 4 heterocycles. The number of nitrogens with one attached hydrogen (secondary N) is 1. The Morgan fingerprint density at radius 1 is 1.20 bits per heavy atom. The van der Waals surface area contributed by atoms with Crippen molar-refractivity contribution in [3.8, 4) is 0 Å². The fourth-order valence-electron chi connectivity index (χ4n) is 4.26. The van der Waals surface area contributed by atoms with E-state index in [1.807, 2.05) is 0 Å². The SMILES string of the molecule is CC(C)(C)OC(=O)N1C(C(F)(F)F)CC(N)C1(C(=O)Nc1cn2ncccc2n1)c1cccnc1. The largest absolute Gasteiger partial charge is 0.444 e. The molecule has 0 saturated carbocycles. The zero-order chi connectivity index (χ0) is 25.6. The van der Waals surface area contributed by atoms with Gasteiger partial charge >= 0.3 is 12.3 Å². The van der Waals surface area contributed by atoms with Gasteiger partial charge in [-0.05, 0) is 45.4 Å². The van der Waals surface area contributed by atoms with Gasteiger partial charge in [-0.25, -0.2) is 14.3 Å². The van der Waals surface area contributed by atoms with E-state index in [-0.39, 0.29) is 11.4 Å². The first-order valence-corrected chi connectivity index (χ1v) is 10.7. The normalized spacial score (nSPS) is 22.9. The van der Waals surface area contributed by atoms with Crippen molar-refractivity contribution >= 4 is 23.5 Å². The maximum atomic E-state index is 14.2. The molecule has 2 amide bonds. The molecular weight excluding hydrogens is 467 g/mol. The van der Waals surface area contributed by atoms with Crippen LogP contribution in [-0.4, -0.2) is 60.3 Å². The molecule has 0 radical (unpaired) electrons. The van der Waals surface area contributed by atoms with Gasteiger partial charge in [0.05, 0.1) is 6.20 Å².